The maximum absolute atomic E-state index is 11.7. The molecule has 0 amide bonds. The van der Waals surface area contributed by atoms with Crippen LogP contribution in [0.3, 0.4) is 0 Å². The van der Waals surface area contributed by atoms with Crippen LogP contribution in [0.15, 0.2) is 0 Å². The molecule has 5 heteroatoms. The summed E-state index contributed by atoms with van der Waals surface area (Å²) >= 11 is 0. The summed E-state index contributed by atoms with van der Waals surface area (Å²) in [5.41, 5.74) is 0. The van der Waals surface area contributed by atoms with Crippen molar-refractivity contribution < 1.29 is 22.8 Å². The molecule has 0 aromatic rings. The van der Waals surface area contributed by atoms with Crippen molar-refractivity contribution in [3.05, 3.63) is 0 Å². The van der Waals surface area contributed by atoms with Gasteiger partial charge in [0.05, 0.1) is 0 Å². The van der Waals surface area contributed by atoms with Crippen molar-refractivity contribution in [3.8, 4) is 0 Å². The second-order valence-electron chi connectivity index (χ2n) is 2.98. The third-order valence-corrected chi connectivity index (χ3v) is 1.66. The van der Waals surface area contributed by atoms with Gasteiger partial charge in [-0.15, -0.1) is 0 Å². The predicted octanol–water partition coefficient (Wildman–Crippen LogP) is 2.12. The number of rotatable bonds is 4. The van der Waals surface area contributed by atoms with E-state index >= 15 is 0 Å². The van der Waals surface area contributed by atoms with E-state index in [0.717, 1.165) is 6.92 Å². The molecule has 76 valence electrons. The van der Waals surface area contributed by atoms with Gasteiger partial charge in [-0.1, -0.05) is 6.92 Å². The fourth-order valence-electron chi connectivity index (χ4n) is 0.858. The standard InChI is InChI=1S/C8H11F3O2/c1-5(7(13)6(2)12)3-4-8(9,10)11/h5H,3-4H2,1-2H3. The van der Waals surface area contributed by atoms with Crippen molar-refractivity contribution >= 4 is 11.6 Å². The van der Waals surface area contributed by atoms with Gasteiger partial charge in [-0.2, -0.15) is 13.2 Å². The number of alkyl halides is 3. The molecule has 0 saturated carbocycles. The number of carbonyl (C=O) groups is 2. The van der Waals surface area contributed by atoms with E-state index in [1.807, 2.05) is 0 Å². The van der Waals surface area contributed by atoms with Gasteiger partial charge in [-0.05, 0) is 6.42 Å². The molecule has 0 aromatic heterocycles. The Labute approximate surface area is 74.1 Å². The minimum Gasteiger partial charge on any atom is -0.291 e. The van der Waals surface area contributed by atoms with Gasteiger partial charge >= 0.3 is 6.18 Å². The van der Waals surface area contributed by atoms with Crippen LogP contribution in [0.1, 0.15) is 26.7 Å². The molecule has 0 heterocycles. The van der Waals surface area contributed by atoms with Gasteiger partial charge < -0.3 is 0 Å². The Morgan fingerprint density at radius 3 is 2.08 bits per heavy atom. The lowest BCUT2D eigenvalue weighted by molar-refractivity contribution is -0.144. The highest BCUT2D eigenvalue weighted by Gasteiger charge is 2.29. The van der Waals surface area contributed by atoms with E-state index < -0.39 is 30.1 Å². The zero-order chi connectivity index (χ0) is 10.6. The van der Waals surface area contributed by atoms with Crippen molar-refractivity contribution in [3.63, 3.8) is 0 Å². The van der Waals surface area contributed by atoms with Crippen LogP contribution in [-0.4, -0.2) is 17.7 Å². The van der Waals surface area contributed by atoms with Crippen LogP contribution in [0.2, 0.25) is 0 Å². The molecule has 2 nitrogen and oxygen atoms in total. The summed E-state index contributed by atoms with van der Waals surface area (Å²) < 4.78 is 35.1. The topological polar surface area (TPSA) is 34.1 Å². The molecule has 1 atom stereocenters. The van der Waals surface area contributed by atoms with Gasteiger partial charge in [0.25, 0.3) is 0 Å². The second-order valence-corrected chi connectivity index (χ2v) is 2.98. The summed E-state index contributed by atoms with van der Waals surface area (Å²) in [6, 6.07) is 0. The zero-order valence-electron chi connectivity index (χ0n) is 7.44. The van der Waals surface area contributed by atoms with Crippen molar-refractivity contribution in [2.24, 2.45) is 5.92 Å². The molecule has 0 N–H and O–H groups in total. The second kappa shape index (κ2) is 4.39. The number of carbonyl (C=O) groups excluding carboxylic acids is 2. The van der Waals surface area contributed by atoms with E-state index in [9.17, 15) is 22.8 Å². The SMILES string of the molecule is CC(=O)C(=O)C(C)CCC(F)(F)F. The molecule has 13 heavy (non-hydrogen) atoms. The first-order valence-electron chi connectivity index (χ1n) is 3.85. The molecular formula is C8H11F3O2. The molecule has 0 aliphatic rings. The van der Waals surface area contributed by atoms with E-state index in [4.69, 9.17) is 0 Å². The largest absolute Gasteiger partial charge is 0.389 e. The zero-order valence-corrected chi connectivity index (χ0v) is 7.44. The summed E-state index contributed by atoms with van der Waals surface area (Å²) in [4.78, 5) is 21.3. The van der Waals surface area contributed by atoms with Crippen LogP contribution in [0, 0.1) is 5.92 Å². The van der Waals surface area contributed by atoms with Crippen molar-refractivity contribution in [1.29, 1.82) is 0 Å². The van der Waals surface area contributed by atoms with Gasteiger partial charge in [-0.3, -0.25) is 9.59 Å². The average Bonchev–Trinajstić information content (AvgIpc) is 1.97. The smallest absolute Gasteiger partial charge is 0.291 e. The Kier molecular flexibility index (Phi) is 4.10. The highest BCUT2D eigenvalue weighted by atomic mass is 19.4. The Morgan fingerprint density at radius 1 is 1.31 bits per heavy atom. The maximum atomic E-state index is 11.7. The van der Waals surface area contributed by atoms with Gasteiger partial charge in [0.15, 0.2) is 5.78 Å². The minimum absolute atomic E-state index is 0.318. The Hall–Kier alpha value is -0.870. The molecule has 0 fully saturated rings. The number of halogens is 3. The van der Waals surface area contributed by atoms with E-state index in [2.05, 4.69) is 0 Å². The molecular weight excluding hydrogens is 185 g/mol. The van der Waals surface area contributed by atoms with E-state index in [-0.39, 0.29) is 6.42 Å². The maximum Gasteiger partial charge on any atom is 0.389 e. The lowest BCUT2D eigenvalue weighted by Crippen LogP contribution is -2.21. The first-order chi connectivity index (χ1) is 5.74. The minimum atomic E-state index is -4.26. The number of ketones is 2. The molecule has 0 rings (SSSR count). The lowest BCUT2D eigenvalue weighted by Gasteiger charge is -2.09. The molecule has 0 saturated heterocycles. The third-order valence-electron chi connectivity index (χ3n) is 1.66. The van der Waals surface area contributed by atoms with E-state index in [1.54, 1.807) is 0 Å². The van der Waals surface area contributed by atoms with Crippen LogP contribution in [0.4, 0.5) is 13.2 Å². The quantitative estimate of drug-likeness (QED) is 0.645. The van der Waals surface area contributed by atoms with Crippen LogP contribution in [-0.2, 0) is 9.59 Å². The van der Waals surface area contributed by atoms with Crippen LogP contribution in [0.5, 0.6) is 0 Å². The van der Waals surface area contributed by atoms with Crippen LogP contribution >= 0.6 is 0 Å². The summed E-state index contributed by atoms with van der Waals surface area (Å²) in [5, 5.41) is 0. The Balaban J connectivity index is 3.95. The molecule has 0 aliphatic heterocycles. The number of hydrogen-bond acceptors (Lipinski definition) is 2. The van der Waals surface area contributed by atoms with Crippen LogP contribution < -0.4 is 0 Å². The summed E-state index contributed by atoms with van der Waals surface area (Å²) in [6.45, 7) is 2.39. The molecule has 0 bridgehead atoms. The van der Waals surface area contributed by atoms with Crippen molar-refractivity contribution in [2.75, 3.05) is 0 Å². The Bertz CT molecular complexity index is 208. The predicted molar refractivity (Wildman–Crippen MR) is 40.1 cm³/mol. The molecule has 0 spiro atoms. The summed E-state index contributed by atoms with van der Waals surface area (Å²) in [7, 11) is 0. The van der Waals surface area contributed by atoms with Gasteiger partial charge in [0.1, 0.15) is 0 Å². The lowest BCUT2D eigenvalue weighted by atomic mass is 9.98. The van der Waals surface area contributed by atoms with Crippen molar-refractivity contribution in [2.45, 2.75) is 32.9 Å². The fourth-order valence-corrected chi connectivity index (χ4v) is 0.858. The van der Waals surface area contributed by atoms with Gasteiger partial charge in [0, 0.05) is 19.3 Å². The monoisotopic (exact) mass is 196 g/mol. The first-order valence-corrected chi connectivity index (χ1v) is 3.85. The van der Waals surface area contributed by atoms with E-state index in [1.165, 1.54) is 6.92 Å². The fraction of sp³-hybridized carbons (Fsp3) is 0.750. The van der Waals surface area contributed by atoms with Crippen LogP contribution in [0.25, 0.3) is 0 Å². The molecule has 1 unspecified atom stereocenters. The summed E-state index contributed by atoms with van der Waals surface area (Å²) in [5.74, 6) is -2.25. The third kappa shape index (κ3) is 5.38. The normalized spacial score (nSPS) is 13.9. The van der Waals surface area contributed by atoms with Gasteiger partial charge in [-0.25, -0.2) is 0 Å². The van der Waals surface area contributed by atoms with Crippen molar-refractivity contribution in [1.82, 2.24) is 0 Å². The number of hydrogen-bond donors (Lipinski definition) is 0. The number of Topliss-reactive ketones (excluding diaryl/α,β-unsaturated/α-hetero) is 2. The first kappa shape index (κ1) is 12.1. The highest BCUT2D eigenvalue weighted by Crippen LogP contribution is 2.24. The Morgan fingerprint density at radius 2 is 1.77 bits per heavy atom. The van der Waals surface area contributed by atoms with Gasteiger partial charge in [0.2, 0.25) is 5.78 Å². The molecule has 0 aliphatic carbocycles. The molecule has 0 aromatic carbocycles. The van der Waals surface area contributed by atoms with E-state index in [0.29, 0.717) is 0 Å². The summed E-state index contributed by atoms with van der Waals surface area (Å²) in [6.07, 6.45) is -5.60. The molecule has 0 radical (unpaired) electrons. The average molecular weight is 196 g/mol. The highest BCUT2D eigenvalue weighted by molar-refractivity contribution is 6.36.